The minimum Gasteiger partial charge on any atom is -0.309 e. The van der Waals surface area contributed by atoms with E-state index in [1.165, 1.54) is 15.4 Å². The van der Waals surface area contributed by atoms with E-state index in [4.69, 9.17) is 0 Å². The first-order valence-corrected chi connectivity index (χ1v) is 7.44. The van der Waals surface area contributed by atoms with Gasteiger partial charge in [0.1, 0.15) is 0 Å². The van der Waals surface area contributed by atoms with Gasteiger partial charge in [0.2, 0.25) is 0 Å². The molecule has 2 rings (SSSR count). The van der Waals surface area contributed by atoms with E-state index in [0.29, 0.717) is 6.04 Å². The summed E-state index contributed by atoms with van der Waals surface area (Å²) in [5, 5.41) is 3.37. The van der Waals surface area contributed by atoms with E-state index in [2.05, 4.69) is 67.5 Å². The molecule has 19 heavy (non-hydrogen) atoms. The number of benzene rings is 1. The van der Waals surface area contributed by atoms with Crippen LogP contribution >= 0.6 is 11.8 Å². The maximum atomic E-state index is 4.53. The maximum absolute atomic E-state index is 4.53. The van der Waals surface area contributed by atoms with Crippen LogP contribution in [-0.2, 0) is 0 Å². The van der Waals surface area contributed by atoms with Gasteiger partial charge in [0, 0.05) is 22.0 Å². The van der Waals surface area contributed by atoms with Gasteiger partial charge in [-0.25, -0.2) is 0 Å². The third-order valence-corrected chi connectivity index (χ3v) is 3.95. The lowest BCUT2D eigenvalue weighted by molar-refractivity contribution is 0.582. The highest BCUT2D eigenvalue weighted by molar-refractivity contribution is 7.99. The standard InChI is InChI=1S/C16H20N2S/c1-4-17-13(3)16-10-9-15(11-18-16)19-14-7-5-12(2)6-8-14/h5-11,13,17H,4H2,1-3H3. The zero-order chi connectivity index (χ0) is 13.7. The fourth-order valence-electron chi connectivity index (χ4n) is 1.86. The van der Waals surface area contributed by atoms with Gasteiger partial charge in [0.25, 0.3) is 0 Å². The summed E-state index contributed by atoms with van der Waals surface area (Å²) in [5.74, 6) is 0. The first-order valence-electron chi connectivity index (χ1n) is 6.63. The highest BCUT2D eigenvalue weighted by Crippen LogP contribution is 2.27. The molecule has 0 spiro atoms. The third-order valence-electron chi connectivity index (χ3n) is 2.97. The molecule has 0 saturated carbocycles. The number of aromatic nitrogens is 1. The Morgan fingerprint density at radius 3 is 2.37 bits per heavy atom. The lowest BCUT2D eigenvalue weighted by atomic mass is 10.2. The lowest BCUT2D eigenvalue weighted by Gasteiger charge is -2.11. The minimum atomic E-state index is 0.309. The van der Waals surface area contributed by atoms with Gasteiger partial charge in [-0.3, -0.25) is 4.98 Å². The molecule has 0 saturated heterocycles. The zero-order valence-electron chi connectivity index (χ0n) is 11.7. The van der Waals surface area contributed by atoms with Crippen LogP contribution in [0.1, 0.15) is 31.1 Å². The Kier molecular flexibility index (Phi) is 5.00. The molecule has 0 aliphatic rings. The Morgan fingerprint density at radius 2 is 1.79 bits per heavy atom. The van der Waals surface area contributed by atoms with Crippen molar-refractivity contribution in [2.75, 3.05) is 6.54 Å². The predicted molar refractivity (Wildman–Crippen MR) is 81.6 cm³/mol. The maximum Gasteiger partial charge on any atom is 0.0571 e. The van der Waals surface area contributed by atoms with Crippen LogP contribution < -0.4 is 5.32 Å². The van der Waals surface area contributed by atoms with E-state index < -0.39 is 0 Å². The molecule has 3 heteroatoms. The molecule has 100 valence electrons. The number of pyridine rings is 1. The molecule has 0 fully saturated rings. The summed E-state index contributed by atoms with van der Waals surface area (Å²) in [6.45, 7) is 7.31. The summed E-state index contributed by atoms with van der Waals surface area (Å²) in [6.07, 6.45) is 1.95. The largest absolute Gasteiger partial charge is 0.309 e. The highest BCUT2D eigenvalue weighted by Gasteiger charge is 2.05. The summed E-state index contributed by atoms with van der Waals surface area (Å²) in [4.78, 5) is 6.95. The van der Waals surface area contributed by atoms with Crippen LogP contribution in [0.2, 0.25) is 0 Å². The van der Waals surface area contributed by atoms with Gasteiger partial charge in [0.15, 0.2) is 0 Å². The molecule has 1 aromatic carbocycles. The highest BCUT2D eigenvalue weighted by atomic mass is 32.2. The molecule has 0 radical (unpaired) electrons. The fraction of sp³-hybridized carbons (Fsp3) is 0.312. The first-order chi connectivity index (χ1) is 9.19. The number of nitrogens with zero attached hydrogens (tertiary/aromatic N) is 1. The molecule has 0 amide bonds. The molecular weight excluding hydrogens is 252 g/mol. The number of hydrogen-bond acceptors (Lipinski definition) is 3. The molecule has 1 unspecified atom stereocenters. The summed E-state index contributed by atoms with van der Waals surface area (Å²) in [6, 6.07) is 13.1. The third kappa shape index (κ3) is 4.08. The SMILES string of the molecule is CCNC(C)c1ccc(Sc2ccc(C)cc2)cn1. The van der Waals surface area contributed by atoms with Gasteiger partial charge >= 0.3 is 0 Å². The van der Waals surface area contributed by atoms with E-state index in [0.717, 1.165) is 12.2 Å². The monoisotopic (exact) mass is 272 g/mol. The number of nitrogens with one attached hydrogen (secondary N) is 1. The summed E-state index contributed by atoms with van der Waals surface area (Å²) in [7, 11) is 0. The summed E-state index contributed by atoms with van der Waals surface area (Å²) >= 11 is 1.75. The van der Waals surface area contributed by atoms with E-state index in [-0.39, 0.29) is 0 Å². The minimum absolute atomic E-state index is 0.309. The van der Waals surface area contributed by atoms with E-state index in [1.54, 1.807) is 11.8 Å². The van der Waals surface area contributed by atoms with Crippen molar-refractivity contribution in [2.24, 2.45) is 0 Å². The summed E-state index contributed by atoms with van der Waals surface area (Å²) < 4.78 is 0. The molecule has 1 atom stereocenters. The number of hydrogen-bond donors (Lipinski definition) is 1. The van der Waals surface area contributed by atoms with Gasteiger partial charge in [-0.2, -0.15) is 0 Å². The molecule has 2 nitrogen and oxygen atoms in total. The van der Waals surface area contributed by atoms with E-state index in [9.17, 15) is 0 Å². The van der Waals surface area contributed by atoms with E-state index in [1.807, 2.05) is 6.20 Å². The van der Waals surface area contributed by atoms with Crippen LogP contribution in [0.4, 0.5) is 0 Å². The quantitative estimate of drug-likeness (QED) is 0.882. The van der Waals surface area contributed by atoms with Crippen molar-refractivity contribution in [3.8, 4) is 0 Å². The second-order valence-electron chi connectivity index (χ2n) is 4.61. The topological polar surface area (TPSA) is 24.9 Å². The molecule has 1 N–H and O–H groups in total. The van der Waals surface area contributed by atoms with Gasteiger partial charge in [0.05, 0.1) is 5.69 Å². The second-order valence-corrected chi connectivity index (χ2v) is 5.76. The van der Waals surface area contributed by atoms with E-state index >= 15 is 0 Å². The van der Waals surface area contributed by atoms with Crippen LogP contribution in [0.3, 0.4) is 0 Å². The molecule has 1 heterocycles. The van der Waals surface area contributed by atoms with Crippen LogP contribution in [-0.4, -0.2) is 11.5 Å². The normalized spacial score (nSPS) is 12.4. The van der Waals surface area contributed by atoms with Crippen molar-refractivity contribution < 1.29 is 0 Å². The summed E-state index contributed by atoms with van der Waals surface area (Å²) in [5.41, 5.74) is 2.38. The second kappa shape index (κ2) is 6.73. The average Bonchev–Trinajstić information content (AvgIpc) is 2.42. The van der Waals surface area contributed by atoms with Gasteiger partial charge in [-0.1, -0.05) is 36.4 Å². The van der Waals surface area contributed by atoms with Crippen molar-refractivity contribution in [3.05, 3.63) is 53.9 Å². The molecular formula is C16H20N2S. The van der Waals surface area contributed by atoms with Crippen molar-refractivity contribution in [3.63, 3.8) is 0 Å². The van der Waals surface area contributed by atoms with Gasteiger partial charge in [-0.15, -0.1) is 0 Å². The number of rotatable bonds is 5. The first kappa shape index (κ1) is 14.1. The van der Waals surface area contributed by atoms with Crippen molar-refractivity contribution in [2.45, 2.75) is 36.6 Å². The Bertz CT molecular complexity index is 505. The van der Waals surface area contributed by atoms with Crippen LogP contribution in [0, 0.1) is 6.92 Å². The van der Waals surface area contributed by atoms with Crippen LogP contribution in [0.25, 0.3) is 0 Å². The van der Waals surface area contributed by atoms with Gasteiger partial charge < -0.3 is 5.32 Å². The van der Waals surface area contributed by atoms with Gasteiger partial charge in [-0.05, 0) is 44.7 Å². The van der Waals surface area contributed by atoms with Crippen LogP contribution in [0.15, 0.2) is 52.4 Å². The number of aryl methyl sites for hydroxylation is 1. The molecule has 2 aromatic rings. The Morgan fingerprint density at radius 1 is 1.11 bits per heavy atom. The van der Waals surface area contributed by atoms with Crippen molar-refractivity contribution in [1.29, 1.82) is 0 Å². The lowest BCUT2D eigenvalue weighted by Crippen LogP contribution is -2.18. The zero-order valence-corrected chi connectivity index (χ0v) is 12.5. The Balaban J connectivity index is 2.04. The Hall–Kier alpha value is -1.32. The van der Waals surface area contributed by atoms with Crippen molar-refractivity contribution >= 4 is 11.8 Å². The fourth-order valence-corrected chi connectivity index (χ4v) is 2.65. The smallest absolute Gasteiger partial charge is 0.0571 e. The van der Waals surface area contributed by atoms with Crippen LogP contribution in [0.5, 0.6) is 0 Å². The molecule has 0 aliphatic carbocycles. The average molecular weight is 272 g/mol. The molecule has 0 aliphatic heterocycles. The Labute approximate surface area is 119 Å². The molecule has 0 bridgehead atoms. The molecule has 1 aromatic heterocycles. The van der Waals surface area contributed by atoms with Crippen molar-refractivity contribution in [1.82, 2.24) is 10.3 Å². The predicted octanol–water partition coefficient (Wildman–Crippen LogP) is 4.21.